The van der Waals surface area contributed by atoms with Crippen molar-refractivity contribution in [3.8, 4) is 0 Å². The van der Waals surface area contributed by atoms with E-state index >= 15 is 0 Å². The van der Waals surface area contributed by atoms with Gasteiger partial charge < -0.3 is 25.7 Å². The molecule has 0 aromatic heterocycles. The molecule has 4 atom stereocenters. The number of amides is 1. The smallest absolute Gasteiger partial charge is 0.249 e. The highest BCUT2D eigenvalue weighted by molar-refractivity contribution is 5.80. The van der Waals surface area contributed by atoms with Crippen molar-refractivity contribution in [2.75, 3.05) is 6.61 Å². The van der Waals surface area contributed by atoms with Crippen molar-refractivity contribution in [3.05, 3.63) is 36.5 Å². The maximum Gasteiger partial charge on any atom is 0.249 e. The molecule has 0 radical (unpaired) electrons. The van der Waals surface area contributed by atoms with Crippen molar-refractivity contribution in [3.63, 3.8) is 0 Å². The third kappa shape index (κ3) is 45.5. The molecule has 0 bridgehead atoms. The minimum absolute atomic E-state index is 0.362. The van der Waals surface area contributed by atoms with Gasteiger partial charge in [0.2, 0.25) is 5.91 Å². The summed E-state index contributed by atoms with van der Waals surface area (Å²) in [6, 6.07) is -1.01. The maximum atomic E-state index is 12.6. The number of hydrogen-bond acceptors (Lipinski definition) is 5. The highest BCUT2D eigenvalue weighted by atomic mass is 16.3. The van der Waals surface area contributed by atoms with Gasteiger partial charge in [0.05, 0.1) is 18.8 Å². The molecule has 0 rings (SSSR count). The Morgan fingerprint density at radius 3 is 1.00 bits per heavy atom. The number of aliphatic hydroxyl groups is 4. The van der Waals surface area contributed by atoms with Crippen LogP contribution in [0.25, 0.3) is 0 Å². The third-order valence-corrected chi connectivity index (χ3v) is 13.1. The molecule has 0 aromatic rings. The fraction of sp³-hybridized carbons (Fsp3) is 0.877. The summed E-state index contributed by atoms with van der Waals surface area (Å²) in [5, 5.41) is 43.9. The minimum atomic E-state index is -1.29. The zero-order valence-corrected chi connectivity index (χ0v) is 42.1. The number of aliphatic hydroxyl groups excluding tert-OH is 4. The summed E-state index contributed by atoms with van der Waals surface area (Å²) >= 11 is 0. The molecule has 1 amide bonds. The summed E-state index contributed by atoms with van der Waals surface area (Å²) in [5.41, 5.74) is 0. The lowest BCUT2D eigenvalue weighted by molar-refractivity contribution is -0.132. The third-order valence-electron chi connectivity index (χ3n) is 13.1. The van der Waals surface area contributed by atoms with Crippen molar-refractivity contribution in [2.24, 2.45) is 0 Å². The van der Waals surface area contributed by atoms with Gasteiger partial charge in [0.15, 0.2) is 0 Å². The normalized spacial score (nSPS) is 14.1. The number of carbonyl (C=O) groups is 1. The van der Waals surface area contributed by atoms with Crippen molar-refractivity contribution in [1.29, 1.82) is 0 Å². The lowest BCUT2D eigenvalue weighted by atomic mass is 10.00. The van der Waals surface area contributed by atoms with Crippen LogP contribution < -0.4 is 5.32 Å². The van der Waals surface area contributed by atoms with Gasteiger partial charge >= 0.3 is 0 Å². The number of nitrogens with one attached hydrogen (secondary N) is 1. The number of unbranched alkanes of at least 4 members (excludes halogenated alkanes) is 36. The first kappa shape index (κ1) is 61.5. The molecule has 0 aliphatic rings. The lowest BCUT2D eigenvalue weighted by Crippen LogP contribution is -2.53. The van der Waals surface area contributed by atoms with E-state index in [9.17, 15) is 25.2 Å². The van der Waals surface area contributed by atoms with Crippen molar-refractivity contribution >= 4 is 5.91 Å². The van der Waals surface area contributed by atoms with Crippen LogP contribution in [0.5, 0.6) is 0 Å². The molecule has 63 heavy (non-hydrogen) atoms. The van der Waals surface area contributed by atoms with E-state index in [4.69, 9.17) is 0 Å². The first-order chi connectivity index (χ1) is 31.0. The largest absolute Gasteiger partial charge is 0.394 e. The van der Waals surface area contributed by atoms with E-state index < -0.39 is 36.9 Å². The second-order valence-corrected chi connectivity index (χ2v) is 19.3. The molecule has 0 aliphatic heterocycles. The monoisotopic (exact) mass is 888 g/mol. The van der Waals surface area contributed by atoms with Crippen molar-refractivity contribution in [2.45, 2.75) is 314 Å². The Bertz CT molecular complexity index is 997. The molecule has 5 N–H and O–H groups in total. The fourth-order valence-electron chi connectivity index (χ4n) is 8.67. The van der Waals surface area contributed by atoms with Crippen LogP contribution in [0.2, 0.25) is 0 Å². The van der Waals surface area contributed by atoms with E-state index in [-0.39, 0.29) is 0 Å². The van der Waals surface area contributed by atoms with Gasteiger partial charge in [-0.15, -0.1) is 0 Å². The van der Waals surface area contributed by atoms with Crippen LogP contribution >= 0.6 is 0 Å². The molecule has 0 spiro atoms. The van der Waals surface area contributed by atoms with Crippen molar-refractivity contribution in [1.82, 2.24) is 5.32 Å². The Labute approximate surface area is 392 Å². The second kappa shape index (κ2) is 51.5. The summed E-state index contributed by atoms with van der Waals surface area (Å²) in [4.78, 5) is 12.6. The first-order valence-electron chi connectivity index (χ1n) is 27.9. The van der Waals surface area contributed by atoms with Crippen LogP contribution in [-0.2, 0) is 4.79 Å². The topological polar surface area (TPSA) is 110 Å². The van der Waals surface area contributed by atoms with E-state index in [1.54, 1.807) is 0 Å². The highest BCUT2D eigenvalue weighted by Gasteiger charge is 2.28. The molecule has 6 nitrogen and oxygen atoms in total. The molecule has 0 saturated heterocycles. The standard InChI is InChI=1S/C57H109NO5/c1-3-5-7-9-11-13-15-17-19-21-23-25-27-28-29-31-33-35-37-39-41-43-45-47-49-51-55(61)57(63)58-53(52-59)56(62)54(60)50-48-46-44-42-40-38-36-34-32-30-26-24-22-20-18-16-14-12-10-8-6-4-2/h24,26,34,36,42,44,53-56,59-62H,3-23,25,27-33,35,37-41,43,45-52H2,1-2H3,(H,58,63)/b26-24+,36-34+,44-42+. The molecule has 6 heteroatoms. The van der Waals surface area contributed by atoms with Gasteiger partial charge in [-0.25, -0.2) is 0 Å². The number of hydrogen-bond donors (Lipinski definition) is 5. The molecule has 0 aliphatic carbocycles. The number of allylic oxidation sites excluding steroid dienone is 6. The Morgan fingerprint density at radius 1 is 0.381 bits per heavy atom. The van der Waals surface area contributed by atoms with Crippen LogP contribution in [0, 0.1) is 0 Å². The molecule has 0 heterocycles. The molecule has 372 valence electrons. The Hall–Kier alpha value is -1.47. The van der Waals surface area contributed by atoms with E-state index in [1.807, 2.05) is 0 Å². The molecular weight excluding hydrogens is 779 g/mol. The summed E-state index contributed by atoms with van der Waals surface area (Å²) in [5.74, 6) is -0.595. The fourth-order valence-corrected chi connectivity index (χ4v) is 8.67. The molecule has 4 unspecified atom stereocenters. The summed E-state index contributed by atoms with van der Waals surface area (Å²) in [6.07, 6.45) is 63.5. The summed E-state index contributed by atoms with van der Waals surface area (Å²) < 4.78 is 0. The van der Waals surface area contributed by atoms with Gasteiger partial charge in [-0.1, -0.05) is 262 Å². The second-order valence-electron chi connectivity index (χ2n) is 19.3. The SMILES string of the molecule is CCCCCCCCCCC/C=C/CC/C=C/CC/C=C/CCCC(O)C(O)C(CO)NC(=O)C(O)CCCCCCCCCCCCCCCCCCCCCCCCCCC. The molecule has 0 saturated carbocycles. The van der Waals surface area contributed by atoms with E-state index in [1.165, 1.54) is 205 Å². The van der Waals surface area contributed by atoms with E-state index in [0.717, 1.165) is 51.4 Å². The zero-order chi connectivity index (χ0) is 45.9. The van der Waals surface area contributed by atoms with Crippen LogP contribution in [0.15, 0.2) is 36.5 Å². The van der Waals surface area contributed by atoms with E-state index in [2.05, 4.69) is 55.6 Å². The first-order valence-corrected chi connectivity index (χ1v) is 27.9. The Balaban J connectivity index is 3.69. The maximum absolute atomic E-state index is 12.6. The molecular formula is C57H109NO5. The van der Waals surface area contributed by atoms with Crippen LogP contribution in [0.4, 0.5) is 0 Å². The minimum Gasteiger partial charge on any atom is -0.394 e. The van der Waals surface area contributed by atoms with Crippen LogP contribution in [0.3, 0.4) is 0 Å². The average Bonchev–Trinajstić information content (AvgIpc) is 3.29. The predicted octanol–water partition coefficient (Wildman–Crippen LogP) is 16.0. The quantitative estimate of drug-likeness (QED) is 0.0309. The lowest BCUT2D eigenvalue weighted by Gasteiger charge is -2.27. The number of carbonyl (C=O) groups excluding carboxylic acids is 1. The van der Waals surface area contributed by atoms with Gasteiger partial charge in [0, 0.05) is 0 Å². The Morgan fingerprint density at radius 2 is 0.667 bits per heavy atom. The summed E-state index contributed by atoms with van der Waals surface area (Å²) in [7, 11) is 0. The van der Waals surface area contributed by atoms with Gasteiger partial charge in [-0.2, -0.15) is 0 Å². The average molecular weight is 889 g/mol. The predicted molar refractivity (Wildman–Crippen MR) is 274 cm³/mol. The van der Waals surface area contributed by atoms with Gasteiger partial charge in [-0.3, -0.25) is 4.79 Å². The van der Waals surface area contributed by atoms with Crippen LogP contribution in [-0.4, -0.2) is 57.3 Å². The Kier molecular flexibility index (Phi) is 50.3. The van der Waals surface area contributed by atoms with Gasteiger partial charge in [-0.05, 0) is 64.2 Å². The molecule has 0 aromatic carbocycles. The van der Waals surface area contributed by atoms with E-state index in [0.29, 0.717) is 19.3 Å². The van der Waals surface area contributed by atoms with Crippen LogP contribution in [0.1, 0.15) is 290 Å². The highest BCUT2D eigenvalue weighted by Crippen LogP contribution is 2.17. The van der Waals surface area contributed by atoms with Crippen molar-refractivity contribution < 1.29 is 25.2 Å². The summed E-state index contributed by atoms with van der Waals surface area (Å²) in [6.45, 7) is 4.07. The molecule has 0 fully saturated rings. The number of rotatable bonds is 51. The van der Waals surface area contributed by atoms with Gasteiger partial charge in [0.25, 0.3) is 0 Å². The zero-order valence-electron chi connectivity index (χ0n) is 42.1. The van der Waals surface area contributed by atoms with Gasteiger partial charge in [0.1, 0.15) is 12.2 Å².